The van der Waals surface area contributed by atoms with Gasteiger partial charge in [-0.1, -0.05) is 11.6 Å². The molecule has 0 aliphatic carbocycles. The fourth-order valence-corrected chi connectivity index (χ4v) is 1.22. The van der Waals surface area contributed by atoms with E-state index in [2.05, 4.69) is 5.32 Å². The van der Waals surface area contributed by atoms with Crippen LogP contribution in [-0.2, 0) is 0 Å². The van der Waals surface area contributed by atoms with E-state index in [1.165, 1.54) is 12.1 Å². The van der Waals surface area contributed by atoms with E-state index in [-0.39, 0.29) is 18.0 Å². The zero-order valence-corrected chi connectivity index (χ0v) is 11.0. The summed E-state index contributed by atoms with van der Waals surface area (Å²) in [5.74, 6) is -0.947. The van der Waals surface area contributed by atoms with E-state index in [0.29, 0.717) is 6.54 Å². The predicted molar refractivity (Wildman–Crippen MR) is 69.0 cm³/mol. The molecule has 0 saturated carbocycles. The van der Waals surface area contributed by atoms with E-state index in [4.69, 9.17) is 5.73 Å². The number of rotatable bonds is 3. The molecule has 1 aromatic rings. The Kier molecular flexibility index (Phi) is 5.58. The van der Waals surface area contributed by atoms with Gasteiger partial charge in [0.15, 0.2) is 0 Å². The molecule has 0 unspecified atom stereocenters. The third kappa shape index (κ3) is 5.15. The van der Waals surface area contributed by atoms with E-state index in [0.717, 1.165) is 5.56 Å². The monoisotopic (exact) mass is 260 g/mol. The summed E-state index contributed by atoms with van der Waals surface area (Å²) in [5.41, 5.74) is 6.12. The number of benzene rings is 1. The lowest BCUT2D eigenvalue weighted by molar-refractivity contribution is 0.0942. The standard InChI is InChI=1S/C12H17FN2O.ClH/c1-8-4-5-10(13)9(6-8)11(16)15-7-12(2,3)14;/h4-6H,7,14H2,1-3H3,(H,15,16);1H. The van der Waals surface area contributed by atoms with Gasteiger partial charge >= 0.3 is 0 Å². The lowest BCUT2D eigenvalue weighted by Crippen LogP contribution is -2.45. The first kappa shape index (κ1) is 15.9. The van der Waals surface area contributed by atoms with Gasteiger partial charge in [-0.05, 0) is 32.9 Å². The Hall–Kier alpha value is -1.13. The quantitative estimate of drug-likeness (QED) is 0.874. The molecule has 17 heavy (non-hydrogen) atoms. The van der Waals surface area contributed by atoms with E-state index in [1.54, 1.807) is 19.9 Å². The molecule has 5 heteroatoms. The van der Waals surface area contributed by atoms with Crippen LogP contribution in [0.1, 0.15) is 29.8 Å². The van der Waals surface area contributed by atoms with Gasteiger partial charge in [0.1, 0.15) is 5.82 Å². The van der Waals surface area contributed by atoms with Crippen molar-refractivity contribution in [3.05, 3.63) is 35.1 Å². The summed E-state index contributed by atoms with van der Waals surface area (Å²) < 4.78 is 13.3. The number of nitrogens with one attached hydrogen (secondary N) is 1. The fraction of sp³-hybridized carbons (Fsp3) is 0.417. The van der Waals surface area contributed by atoms with Crippen molar-refractivity contribution in [2.75, 3.05) is 6.54 Å². The maximum atomic E-state index is 13.3. The molecule has 0 bridgehead atoms. The number of carbonyl (C=O) groups excluding carboxylic acids is 1. The largest absolute Gasteiger partial charge is 0.350 e. The zero-order chi connectivity index (χ0) is 12.3. The second-order valence-corrected chi connectivity index (χ2v) is 4.65. The minimum Gasteiger partial charge on any atom is -0.350 e. The zero-order valence-electron chi connectivity index (χ0n) is 10.2. The molecule has 3 nitrogen and oxygen atoms in total. The second kappa shape index (κ2) is 5.98. The number of aryl methyl sites for hydroxylation is 1. The number of hydrogen-bond acceptors (Lipinski definition) is 2. The van der Waals surface area contributed by atoms with E-state index >= 15 is 0 Å². The summed E-state index contributed by atoms with van der Waals surface area (Å²) in [5, 5.41) is 2.60. The topological polar surface area (TPSA) is 55.1 Å². The first-order chi connectivity index (χ1) is 7.29. The van der Waals surface area contributed by atoms with Crippen LogP contribution < -0.4 is 11.1 Å². The highest BCUT2D eigenvalue weighted by Crippen LogP contribution is 2.10. The van der Waals surface area contributed by atoms with Crippen molar-refractivity contribution in [1.82, 2.24) is 5.32 Å². The summed E-state index contributed by atoms with van der Waals surface area (Å²) in [6.07, 6.45) is 0. The summed E-state index contributed by atoms with van der Waals surface area (Å²) >= 11 is 0. The Bertz CT molecular complexity index is 402. The first-order valence-electron chi connectivity index (χ1n) is 5.13. The number of halogens is 2. The molecule has 0 aliphatic heterocycles. The molecule has 1 aromatic carbocycles. The van der Waals surface area contributed by atoms with Crippen LogP contribution in [0.3, 0.4) is 0 Å². The van der Waals surface area contributed by atoms with Crippen molar-refractivity contribution < 1.29 is 9.18 Å². The van der Waals surface area contributed by atoms with Crippen LogP contribution in [0.5, 0.6) is 0 Å². The Labute approximate surface area is 107 Å². The van der Waals surface area contributed by atoms with E-state index in [1.807, 2.05) is 6.92 Å². The Morgan fingerprint density at radius 2 is 2.06 bits per heavy atom. The Balaban J connectivity index is 0.00000256. The van der Waals surface area contributed by atoms with Crippen LogP contribution in [0, 0.1) is 12.7 Å². The lowest BCUT2D eigenvalue weighted by atomic mass is 10.1. The maximum absolute atomic E-state index is 13.3. The van der Waals surface area contributed by atoms with Gasteiger partial charge in [0.25, 0.3) is 5.91 Å². The molecule has 96 valence electrons. The number of nitrogens with two attached hydrogens (primary N) is 1. The minimum absolute atomic E-state index is 0. The van der Waals surface area contributed by atoms with Crippen LogP contribution >= 0.6 is 12.4 Å². The molecular formula is C12H18ClFN2O. The number of carbonyl (C=O) groups is 1. The minimum atomic E-state index is -0.516. The predicted octanol–water partition coefficient (Wildman–Crippen LogP) is 2.02. The lowest BCUT2D eigenvalue weighted by Gasteiger charge is -2.19. The SMILES string of the molecule is Cc1ccc(F)c(C(=O)NCC(C)(C)N)c1.Cl. The van der Waals surface area contributed by atoms with Crippen molar-refractivity contribution in [3.63, 3.8) is 0 Å². The molecule has 0 aliphatic rings. The van der Waals surface area contributed by atoms with Gasteiger partial charge in [-0.3, -0.25) is 4.79 Å². The average molecular weight is 261 g/mol. The molecule has 1 amide bonds. The van der Waals surface area contributed by atoms with Crippen LogP contribution in [-0.4, -0.2) is 18.0 Å². The smallest absolute Gasteiger partial charge is 0.254 e. The highest BCUT2D eigenvalue weighted by atomic mass is 35.5. The number of amides is 1. The molecule has 1 rings (SSSR count). The third-order valence-electron chi connectivity index (χ3n) is 2.07. The summed E-state index contributed by atoms with van der Waals surface area (Å²) in [6.45, 7) is 5.70. The highest BCUT2D eigenvalue weighted by molar-refractivity contribution is 5.94. The molecule has 0 aromatic heterocycles. The van der Waals surface area contributed by atoms with Crippen molar-refractivity contribution in [2.24, 2.45) is 5.73 Å². The maximum Gasteiger partial charge on any atom is 0.254 e. The van der Waals surface area contributed by atoms with Gasteiger partial charge in [-0.15, -0.1) is 12.4 Å². The molecular weight excluding hydrogens is 243 g/mol. The van der Waals surface area contributed by atoms with Crippen LogP contribution in [0.25, 0.3) is 0 Å². The first-order valence-corrected chi connectivity index (χ1v) is 5.13. The van der Waals surface area contributed by atoms with Gasteiger partial charge in [-0.2, -0.15) is 0 Å². The fourth-order valence-electron chi connectivity index (χ4n) is 1.22. The Morgan fingerprint density at radius 3 is 2.59 bits per heavy atom. The highest BCUT2D eigenvalue weighted by Gasteiger charge is 2.15. The van der Waals surface area contributed by atoms with E-state index in [9.17, 15) is 9.18 Å². The van der Waals surface area contributed by atoms with Crippen molar-refractivity contribution in [3.8, 4) is 0 Å². The van der Waals surface area contributed by atoms with Gasteiger partial charge in [0, 0.05) is 12.1 Å². The van der Waals surface area contributed by atoms with Crippen molar-refractivity contribution in [2.45, 2.75) is 26.3 Å². The van der Waals surface area contributed by atoms with Crippen molar-refractivity contribution >= 4 is 18.3 Å². The molecule has 0 radical (unpaired) electrons. The second-order valence-electron chi connectivity index (χ2n) is 4.65. The van der Waals surface area contributed by atoms with Crippen LogP contribution in [0.4, 0.5) is 4.39 Å². The molecule has 0 fully saturated rings. The molecule has 0 saturated heterocycles. The molecule has 3 N–H and O–H groups in total. The van der Waals surface area contributed by atoms with Crippen molar-refractivity contribution in [1.29, 1.82) is 0 Å². The van der Waals surface area contributed by atoms with E-state index < -0.39 is 17.3 Å². The van der Waals surface area contributed by atoms with Gasteiger partial charge in [-0.25, -0.2) is 4.39 Å². The van der Waals surface area contributed by atoms with Gasteiger partial charge in [0.05, 0.1) is 5.56 Å². The van der Waals surface area contributed by atoms with Crippen LogP contribution in [0.15, 0.2) is 18.2 Å². The molecule has 0 heterocycles. The normalized spacial score (nSPS) is 10.6. The van der Waals surface area contributed by atoms with Gasteiger partial charge < -0.3 is 11.1 Å². The van der Waals surface area contributed by atoms with Crippen LogP contribution in [0.2, 0.25) is 0 Å². The Morgan fingerprint density at radius 1 is 1.47 bits per heavy atom. The van der Waals surface area contributed by atoms with Gasteiger partial charge in [0.2, 0.25) is 0 Å². The number of hydrogen-bond donors (Lipinski definition) is 2. The average Bonchev–Trinajstić information content (AvgIpc) is 2.17. The molecule has 0 atom stereocenters. The molecule has 0 spiro atoms. The summed E-state index contributed by atoms with van der Waals surface area (Å²) in [4.78, 5) is 11.7. The third-order valence-corrected chi connectivity index (χ3v) is 2.07. The summed E-state index contributed by atoms with van der Waals surface area (Å²) in [6, 6.07) is 4.44. The summed E-state index contributed by atoms with van der Waals surface area (Å²) in [7, 11) is 0.